The Bertz CT molecular complexity index is 733. The number of hydrogen-bond acceptors (Lipinski definition) is 5. The van der Waals surface area contributed by atoms with Crippen molar-refractivity contribution in [2.75, 3.05) is 26.2 Å². The minimum Gasteiger partial charge on any atom is -0.435 e. The zero-order valence-electron chi connectivity index (χ0n) is 14.2. The van der Waals surface area contributed by atoms with E-state index in [1.54, 1.807) is 6.92 Å². The predicted molar refractivity (Wildman–Crippen MR) is 98.7 cm³/mol. The van der Waals surface area contributed by atoms with Gasteiger partial charge in [0, 0.05) is 41.2 Å². The number of aromatic amines is 1. The van der Waals surface area contributed by atoms with E-state index in [4.69, 9.17) is 9.47 Å². The molecule has 2 heterocycles. The van der Waals surface area contributed by atoms with E-state index in [9.17, 15) is 9.90 Å². The number of aliphatic hydroxyl groups excluding tert-OH is 1. The molecule has 0 saturated carbocycles. The molecule has 0 aliphatic carbocycles. The number of ether oxygens (including phenoxy) is 2. The molecule has 1 fully saturated rings. The van der Waals surface area contributed by atoms with Crippen LogP contribution in [0.3, 0.4) is 0 Å². The molecule has 0 spiro atoms. The number of H-pyrrole nitrogens is 1. The van der Waals surface area contributed by atoms with E-state index in [0.29, 0.717) is 13.0 Å². The van der Waals surface area contributed by atoms with Crippen LogP contribution >= 0.6 is 15.9 Å². The van der Waals surface area contributed by atoms with E-state index in [1.807, 2.05) is 12.3 Å². The number of nitrogens with zero attached hydrogens (tertiary/aromatic N) is 1. The summed E-state index contributed by atoms with van der Waals surface area (Å²) in [5.41, 5.74) is 2.38. The van der Waals surface area contributed by atoms with Crippen LogP contribution in [0.15, 0.2) is 28.9 Å². The first kappa shape index (κ1) is 18.2. The zero-order chi connectivity index (χ0) is 17.8. The number of carbonyl (C=O) groups is 1. The van der Waals surface area contributed by atoms with Gasteiger partial charge < -0.3 is 19.6 Å². The normalized spacial score (nSPS) is 21.4. The van der Waals surface area contributed by atoms with Crippen molar-refractivity contribution in [3.63, 3.8) is 0 Å². The summed E-state index contributed by atoms with van der Waals surface area (Å²) in [7, 11) is 0. The fraction of sp³-hybridized carbons (Fsp3) is 0.500. The fourth-order valence-corrected chi connectivity index (χ4v) is 3.56. The van der Waals surface area contributed by atoms with Crippen molar-refractivity contribution in [3.05, 3.63) is 34.4 Å². The number of rotatable bonds is 5. The number of aromatic nitrogens is 1. The second kappa shape index (κ2) is 8.21. The molecule has 3 rings (SSSR count). The second-order valence-corrected chi connectivity index (χ2v) is 7.17. The van der Waals surface area contributed by atoms with E-state index in [0.717, 1.165) is 29.5 Å². The molecule has 6 nitrogen and oxygen atoms in total. The number of nitrogens with one attached hydrogen (secondary N) is 1. The average Bonchev–Trinajstić information content (AvgIpc) is 2.98. The molecule has 25 heavy (non-hydrogen) atoms. The summed E-state index contributed by atoms with van der Waals surface area (Å²) in [6.07, 6.45) is 1.63. The molecular weight excluding hydrogens is 388 g/mol. The van der Waals surface area contributed by atoms with Gasteiger partial charge in [0.25, 0.3) is 0 Å². The van der Waals surface area contributed by atoms with Crippen LogP contribution in [-0.4, -0.2) is 59.6 Å². The Balaban J connectivity index is 1.59. The summed E-state index contributed by atoms with van der Waals surface area (Å²) >= 11 is 3.52. The number of piperidine rings is 1. The Labute approximate surface area is 155 Å². The predicted octanol–water partition coefficient (Wildman–Crippen LogP) is 3.08. The van der Waals surface area contributed by atoms with Crippen molar-refractivity contribution in [3.8, 4) is 0 Å². The number of carbonyl (C=O) groups excluding carboxylic acids is 1. The Morgan fingerprint density at radius 2 is 2.32 bits per heavy atom. The van der Waals surface area contributed by atoms with Gasteiger partial charge in [0.05, 0.1) is 12.7 Å². The van der Waals surface area contributed by atoms with Crippen molar-refractivity contribution in [2.24, 2.45) is 0 Å². The molecule has 0 bridgehead atoms. The third-order valence-corrected chi connectivity index (χ3v) is 5.04. The number of halogens is 1. The molecule has 0 radical (unpaired) electrons. The van der Waals surface area contributed by atoms with E-state index in [2.05, 4.69) is 37.9 Å². The van der Waals surface area contributed by atoms with Crippen LogP contribution in [0.1, 0.15) is 18.9 Å². The first-order valence-corrected chi connectivity index (χ1v) is 9.35. The summed E-state index contributed by atoms with van der Waals surface area (Å²) in [5, 5.41) is 11.3. The van der Waals surface area contributed by atoms with Crippen molar-refractivity contribution < 1.29 is 19.4 Å². The lowest BCUT2D eigenvalue weighted by Crippen LogP contribution is -2.49. The minimum absolute atomic E-state index is 0.265. The summed E-state index contributed by atoms with van der Waals surface area (Å²) in [6.45, 7) is 4.14. The van der Waals surface area contributed by atoms with Crippen LogP contribution in [-0.2, 0) is 15.9 Å². The van der Waals surface area contributed by atoms with Crippen molar-refractivity contribution in [1.82, 2.24) is 9.88 Å². The summed E-state index contributed by atoms with van der Waals surface area (Å²) < 4.78 is 11.1. The van der Waals surface area contributed by atoms with Gasteiger partial charge in [-0.05, 0) is 43.5 Å². The molecule has 2 N–H and O–H groups in total. The van der Waals surface area contributed by atoms with E-state index in [-0.39, 0.29) is 6.61 Å². The summed E-state index contributed by atoms with van der Waals surface area (Å²) in [6, 6.07) is 6.20. The Morgan fingerprint density at radius 1 is 1.48 bits per heavy atom. The Kier molecular flexibility index (Phi) is 5.98. The van der Waals surface area contributed by atoms with Gasteiger partial charge in [0.15, 0.2) is 0 Å². The molecule has 1 aromatic heterocycles. The molecule has 1 aliphatic heterocycles. The highest BCUT2D eigenvalue weighted by Crippen LogP contribution is 2.24. The summed E-state index contributed by atoms with van der Waals surface area (Å²) in [5.74, 6) is 0. The number of hydrogen-bond donors (Lipinski definition) is 2. The maximum atomic E-state index is 11.5. The van der Waals surface area contributed by atoms with E-state index in [1.165, 1.54) is 10.9 Å². The highest BCUT2D eigenvalue weighted by Gasteiger charge is 2.31. The Hall–Kier alpha value is -1.57. The molecule has 0 amide bonds. The van der Waals surface area contributed by atoms with Crippen LogP contribution in [0.25, 0.3) is 10.9 Å². The van der Waals surface area contributed by atoms with Crippen LogP contribution in [0, 0.1) is 0 Å². The molecule has 2 aromatic rings. The van der Waals surface area contributed by atoms with Crippen molar-refractivity contribution in [1.29, 1.82) is 0 Å². The maximum absolute atomic E-state index is 11.5. The quantitative estimate of drug-likeness (QED) is 0.740. The molecule has 1 aliphatic rings. The third kappa shape index (κ3) is 4.54. The molecular formula is C18H23BrN2O4. The Morgan fingerprint density at radius 3 is 3.12 bits per heavy atom. The van der Waals surface area contributed by atoms with Gasteiger partial charge in [-0.2, -0.15) is 0 Å². The maximum Gasteiger partial charge on any atom is 0.508 e. The third-order valence-electron chi connectivity index (χ3n) is 4.55. The molecule has 1 saturated heterocycles. The van der Waals surface area contributed by atoms with Crippen LogP contribution in [0.2, 0.25) is 0 Å². The highest BCUT2D eigenvalue weighted by atomic mass is 79.9. The van der Waals surface area contributed by atoms with Gasteiger partial charge in [-0.25, -0.2) is 4.79 Å². The molecule has 1 aromatic carbocycles. The van der Waals surface area contributed by atoms with Gasteiger partial charge in [-0.15, -0.1) is 0 Å². The van der Waals surface area contributed by atoms with Crippen LogP contribution < -0.4 is 0 Å². The number of benzene rings is 1. The first-order valence-electron chi connectivity index (χ1n) is 8.56. The van der Waals surface area contributed by atoms with Gasteiger partial charge in [-0.1, -0.05) is 15.9 Å². The number of aliphatic hydroxyl groups is 1. The summed E-state index contributed by atoms with van der Waals surface area (Å²) in [4.78, 5) is 17.0. The SMILES string of the molecule is CCOC(=O)O[C@H]1CN(CCc2c[nH]c3ccc(Br)cc23)CC[C@H]1O. The molecule has 2 atom stereocenters. The van der Waals surface area contributed by atoms with Gasteiger partial charge in [0.2, 0.25) is 0 Å². The van der Waals surface area contributed by atoms with Gasteiger partial charge >= 0.3 is 6.16 Å². The monoisotopic (exact) mass is 410 g/mol. The van der Waals surface area contributed by atoms with E-state index >= 15 is 0 Å². The smallest absolute Gasteiger partial charge is 0.435 e. The number of likely N-dealkylation sites (tertiary alicyclic amines) is 1. The van der Waals surface area contributed by atoms with Crippen LogP contribution in [0.5, 0.6) is 0 Å². The lowest BCUT2D eigenvalue weighted by molar-refractivity contribution is -0.0670. The van der Waals surface area contributed by atoms with Crippen molar-refractivity contribution >= 4 is 33.0 Å². The zero-order valence-corrected chi connectivity index (χ0v) is 15.8. The first-order chi connectivity index (χ1) is 12.1. The van der Waals surface area contributed by atoms with Crippen molar-refractivity contribution in [2.45, 2.75) is 32.0 Å². The fourth-order valence-electron chi connectivity index (χ4n) is 3.20. The lowest BCUT2D eigenvalue weighted by atomic mass is 10.0. The standard InChI is InChI=1S/C18H23BrN2O4/c1-2-24-18(23)25-17-11-21(8-6-16(17)22)7-5-12-10-20-15-4-3-13(19)9-14(12)15/h3-4,9-10,16-17,20,22H,2,5-8,11H2,1H3/t16-,17+/m1/s1. The van der Waals surface area contributed by atoms with Gasteiger partial charge in [-0.3, -0.25) is 4.90 Å². The second-order valence-electron chi connectivity index (χ2n) is 6.25. The van der Waals surface area contributed by atoms with E-state index < -0.39 is 18.4 Å². The number of fused-ring (bicyclic) bond motifs is 1. The molecule has 7 heteroatoms. The minimum atomic E-state index is -0.713. The largest absolute Gasteiger partial charge is 0.508 e. The highest BCUT2D eigenvalue weighted by molar-refractivity contribution is 9.10. The van der Waals surface area contributed by atoms with Gasteiger partial charge in [0.1, 0.15) is 6.10 Å². The molecule has 0 unspecified atom stereocenters. The average molecular weight is 411 g/mol. The van der Waals surface area contributed by atoms with Crippen LogP contribution in [0.4, 0.5) is 4.79 Å². The molecule has 136 valence electrons. The lowest BCUT2D eigenvalue weighted by Gasteiger charge is -2.35. The topological polar surface area (TPSA) is 74.8 Å².